The van der Waals surface area contributed by atoms with Gasteiger partial charge in [0, 0.05) is 18.0 Å². The molecule has 21 heavy (non-hydrogen) atoms. The van der Waals surface area contributed by atoms with Gasteiger partial charge in [-0.05, 0) is 32.8 Å². The number of aryl methyl sites for hydroxylation is 1. The van der Waals surface area contributed by atoms with Crippen molar-refractivity contribution in [2.45, 2.75) is 38.8 Å². The summed E-state index contributed by atoms with van der Waals surface area (Å²) in [6.45, 7) is 5.07. The van der Waals surface area contributed by atoms with Crippen molar-refractivity contribution in [1.29, 1.82) is 0 Å². The minimum atomic E-state index is 0.314. The first-order chi connectivity index (χ1) is 10.2. The van der Waals surface area contributed by atoms with Gasteiger partial charge in [0.1, 0.15) is 11.3 Å². The Balaban J connectivity index is 1.98. The van der Waals surface area contributed by atoms with Crippen LogP contribution in [0.1, 0.15) is 31.6 Å². The number of hydrogen-bond acceptors (Lipinski definition) is 3. The third-order valence-electron chi connectivity index (χ3n) is 4.42. The van der Waals surface area contributed by atoms with Gasteiger partial charge < -0.3 is 9.30 Å². The van der Waals surface area contributed by atoms with E-state index in [2.05, 4.69) is 41.6 Å². The Hall–Kier alpha value is -1.94. The van der Waals surface area contributed by atoms with Gasteiger partial charge in [-0.15, -0.1) is 0 Å². The number of benzene rings is 1. The van der Waals surface area contributed by atoms with E-state index < -0.39 is 0 Å². The minimum absolute atomic E-state index is 0.314. The molecule has 1 fully saturated rings. The van der Waals surface area contributed by atoms with Gasteiger partial charge in [-0.1, -0.05) is 18.2 Å². The van der Waals surface area contributed by atoms with Crippen molar-refractivity contribution < 1.29 is 4.74 Å². The number of hydrogen-bond donors (Lipinski definition) is 0. The highest BCUT2D eigenvalue weighted by Crippen LogP contribution is 2.32. The van der Waals surface area contributed by atoms with Gasteiger partial charge in [0.05, 0.1) is 23.3 Å². The second kappa shape index (κ2) is 4.81. The summed E-state index contributed by atoms with van der Waals surface area (Å²) in [6, 6.07) is 8.78. The predicted molar refractivity (Wildman–Crippen MR) is 83.5 cm³/mol. The summed E-state index contributed by atoms with van der Waals surface area (Å²) in [6.07, 6.45) is 4.30. The molecule has 1 aromatic carbocycles. The zero-order chi connectivity index (χ0) is 14.4. The van der Waals surface area contributed by atoms with Gasteiger partial charge >= 0.3 is 0 Å². The molecule has 3 heterocycles. The van der Waals surface area contributed by atoms with Crippen molar-refractivity contribution in [3.63, 3.8) is 0 Å². The van der Waals surface area contributed by atoms with Gasteiger partial charge in [0.25, 0.3) is 0 Å². The van der Waals surface area contributed by atoms with Crippen molar-refractivity contribution in [3.05, 3.63) is 36.3 Å². The van der Waals surface area contributed by atoms with Crippen LogP contribution in [0.3, 0.4) is 0 Å². The van der Waals surface area contributed by atoms with Gasteiger partial charge in [-0.2, -0.15) is 0 Å². The Kier molecular flexibility index (Phi) is 2.93. The van der Waals surface area contributed by atoms with Gasteiger partial charge in [0.15, 0.2) is 0 Å². The van der Waals surface area contributed by atoms with Crippen LogP contribution in [0.4, 0.5) is 0 Å². The standard InChI is InChI=1S/C17H19N3O/c1-11-9-13(7-8-21-11)20-12(2)19-16-10-18-15-6-4-3-5-14(15)17(16)20/h3-6,10-11,13H,7-9H2,1-2H3. The van der Waals surface area contributed by atoms with Crippen molar-refractivity contribution in [1.82, 2.24) is 14.5 Å². The van der Waals surface area contributed by atoms with Crippen molar-refractivity contribution in [3.8, 4) is 0 Å². The monoisotopic (exact) mass is 281 g/mol. The first-order valence-corrected chi connectivity index (χ1v) is 7.58. The lowest BCUT2D eigenvalue weighted by atomic mass is 10.0. The van der Waals surface area contributed by atoms with Crippen LogP contribution >= 0.6 is 0 Å². The average molecular weight is 281 g/mol. The van der Waals surface area contributed by atoms with Crippen molar-refractivity contribution >= 4 is 21.9 Å². The van der Waals surface area contributed by atoms with Crippen molar-refractivity contribution in [2.24, 2.45) is 0 Å². The van der Waals surface area contributed by atoms with Crippen LogP contribution in [0.2, 0.25) is 0 Å². The fourth-order valence-corrected chi connectivity index (χ4v) is 3.50. The smallest absolute Gasteiger partial charge is 0.108 e. The molecular weight excluding hydrogens is 262 g/mol. The van der Waals surface area contributed by atoms with E-state index in [-0.39, 0.29) is 0 Å². The van der Waals surface area contributed by atoms with Crippen LogP contribution in [0, 0.1) is 6.92 Å². The Morgan fingerprint density at radius 2 is 2.10 bits per heavy atom. The van der Waals surface area contributed by atoms with Gasteiger partial charge in [-0.25, -0.2) is 4.98 Å². The number of aromatic nitrogens is 3. The van der Waals surface area contributed by atoms with E-state index in [0.29, 0.717) is 12.1 Å². The molecular formula is C17H19N3O. The highest BCUT2D eigenvalue weighted by atomic mass is 16.5. The molecule has 2 aromatic heterocycles. The maximum atomic E-state index is 5.70. The molecule has 0 amide bonds. The zero-order valence-corrected chi connectivity index (χ0v) is 12.4. The second-order valence-electron chi connectivity index (χ2n) is 5.90. The molecule has 108 valence electrons. The number of pyridine rings is 1. The predicted octanol–water partition coefficient (Wildman–Crippen LogP) is 3.63. The minimum Gasteiger partial charge on any atom is -0.378 e. The molecule has 1 aliphatic heterocycles. The van der Waals surface area contributed by atoms with E-state index in [1.807, 2.05) is 12.3 Å². The topological polar surface area (TPSA) is 39.9 Å². The highest BCUT2D eigenvalue weighted by molar-refractivity contribution is 6.02. The van der Waals surface area contributed by atoms with Crippen LogP contribution in [-0.4, -0.2) is 27.2 Å². The largest absolute Gasteiger partial charge is 0.378 e. The Morgan fingerprint density at radius 3 is 2.95 bits per heavy atom. The SMILES string of the molecule is Cc1nc2cnc3ccccc3c2n1C1CCOC(C)C1. The Morgan fingerprint density at radius 1 is 1.24 bits per heavy atom. The third kappa shape index (κ3) is 2.02. The molecule has 0 spiro atoms. The first-order valence-electron chi connectivity index (χ1n) is 7.58. The molecule has 2 unspecified atom stereocenters. The third-order valence-corrected chi connectivity index (χ3v) is 4.42. The summed E-state index contributed by atoms with van der Waals surface area (Å²) in [5, 5.41) is 1.19. The van der Waals surface area contributed by atoms with Crippen LogP contribution in [0.25, 0.3) is 21.9 Å². The van der Waals surface area contributed by atoms with Crippen LogP contribution in [0.5, 0.6) is 0 Å². The first kappa shape index (κ1) is 12.8. The molecule has 0 radical (unpaired) electrons. The number of rotatable bonds is 1. The lowest BCUT2D eigenvalue weighted by Gasteiger charge is -2.29. The molecule has 2 atom stereocenters. The molecule has 3 aromatic rings. The second-order valence-corrected chi connectivity index (χ2v) is 5.90. The van der Waals surface area contributed by atoms with E-state index in [1.165, 1.54) is 10.9 Å². The molecule has 1 aliphatic rings. The summed E-state index contributed by atoms with van der Waals surface area (Å²) < 4.78 is 8.10. The number of ether oxygens (including phenoxy) is 1. The van der Waals surface area contributed by atoms with E-state index in [4.69, 9.17) is 9.72 Å². The lowest BCUT2D eigenvalue weighted by Crippen LogP contribution is -2.26. The molecule has 0 saturated carbocycles. The molecule has 1 saturated heterocycles. The van der Waals surface area contributed by atoms with E-state index in [9.17, 15) is 0 Å². The summed E-state index contributed by atoms with van der Waals surface area (Å²) >= 11 is 0. The zero-order valence-electron chi connectivity index (χ0n) is 12.4. The maximum absolute atomic E-state index is 5.70. The van der Waals surface area contributed by atoms with Crippen LogP contribution in [0.15, 0.2) is 30.5 Å². The number of para-hydroxylation sites is 1. The molecule has 0 aliphatic carbocycles. The Bertz CT molecular complexity index is 808. The van der Waals surface area contributed by atoms with E-state index >= 15 is 0 Å². The molecule has 4 heteroatoms. The van der Waals surface area contributed by atoms with E-state index in [1.54, 1.807) is 0 Å². The molecule has 4 rings (SSSR count). The van der Waals surface area contributed by atoms with Crippen LogP contribution in [-0.2, 0) is 4.74 Å². The van der Waals surface area contributed by atoms with Crippen LogP contribution < -0.4 is 0 Å². The van der Waals surface area contributed by atoms with Crippen molar-refractivity contribution in [2.75, 3.05) is 6.61 Å². The van der Waals surface area contributed by atoms with Gasteiger partial charge in [0.2, 0.25) is 0 Å². The fourth-order valence-electron chi connectivity index (χ4n) is 3.50. The molecule has 0 bridgehead atoms. The maximum Gasteiger partial charge on any atom is 0.108 e. The van der Waals surface area contributed by atoms with Gasteiger partial charge in [-0.3, -0.25) is 4.98 Å². The van der Waals surface area contributed by atoms with E-state index in [0.717, 1.165) is 36.3 Å². The molecule has 0 N–H and O–H groups in total. The number of fused-ring (bicyclic) bond motifs is 3. The summed E-state index contributed by atoms with van der Waals surface area (Å²) in [7, 11) is 0. The number of imidazole rings is 1. The average Bonchev–Trinajstić information content (AvgIpc) is 2.83. The fraction of sp³-hybridized carbons (Fsp3) is 0.412. The summed E-state index contributed by atoms with van der Waals surface area (Å²) in [5.74, 6) is 1.07. The summed E-state index contributed by atoms with van der Waals surface area (Å²) in [5.41, 5.74) is 3.24. The Labute approximate surface area is 123 Å². The quantitative estimate of drug-likeness (QED) is 0.683. The lowest BCUT2D eigenvalue weighted by molar-refractivity contribution is 0.00640. The normalized spacial score (nSPS) is 23.0. The molecule has 4 nitrogen and oxygen atoms in total. The highest BCUT2D eigenvalue weighted by Gasteiger charge is 2.24. The number of nitrogens with zero attached hydrogens (tertiary/aromatic N) is 3. The summed E-state index contributed by atoms with van der Waals surface area (Å²) in [4.78, 5) is 9.25.